The Kier molecular flexibility index (Phi) is 5.61. The van der Waals surface area contributed by atoms with Crippen molar-refractivity contribution >= 4 is 27.0 Å². The lowest BCUT2D eigenvalue weighted by Crippen LogP contribution is -1.90. The molecule has 9 heteroatoms. The van der Waals surface area contributed by atoms with Crippen LogP contribution in [0.5, 0.6) is 5.75 Å². The summed E-state index contributed by atoms with van der Waals surface area (Å²) >= 11 is 0. The van der Waals surface area contributed by atoms with Crippen LogP contribution in [0, 0.1) is 5.39 Å². The van der Waals surface area contributed by atoms with Crippen LogP contribution >= 0.6 is 0 Å². The van der Waals surface area contributed by atoms with Gasteiger partial charge in [0.25, 0.3) is 0 Å². The number of diazo groups is 1. The summed E-state index contributed by atoms with van der Waals surface area (Å²) in [5, 5.41) is 10.1. The maximum Gasteiger partial charge on any atom is 0.392 e. The highest BCUT2D eigenvalue weighted by Crippen LogP contribution is 2.37. The van der Waals surface area contributed by atoms with Crippen molar-refractivity contribution in [3.63, 3.8) is 0 Å². The van der Waals surface area contributed by atoms with Crippen LogP contribution in [0.25, 0.3) is 27.0 Å². The van der Waals surface area contributed by atoms with Crippen LogP contribution in [0.15, 0.2) is 54.7 Å². The van der Waals surface area contributed by atoms with Crippen molar-refractivity contribution in [1.29, 1.82) is 5.39 Å². The number of aromatic nitrogens is 1. The van der Waals surface area contributed by atoms with Gasteiger partial charge in [-0.05, 0) is 29.8 Å². The summed E-state index contributed by atoms with van der Waals surface area (Å²) in [6.45, 7) is 0. The molecule has 128 valence electrons. The number of rotatable bonds is 2. The van der Waals surface area contributed by atoms with Crippen molar-refractivity contribution < 1.29 is 22.3 Å². The standard InChI is InChI=1S/C16H12N3O.H2O4S/c1-20-15-9-8-11(13-6-4-10-18-16(13)15)12-5-2-3-7-14(12)19-17;1-5(2,3)4/h2-10H,1H3;(H2,1,2,3,4)/q+1;/p-1. The molecular weight excluding hydrogens is 346 g/mol. The maximum absolute atomic E-state index is 9.14. The van der Waals surface area contributed by atoms with E-state index in [0.717, 1.165) is 27.8 Å². The van der Waals surface area contributed by atoms with Gasteiger partial charge in [-0.2, -0.15) is 0 Å². The van der Waals surface area contributed by atoms with E-state index in [-0.39, 0.29) is 0 Å². The Hall–Kier alpha value is -3.06. The molecule has 0 bridgehead atoms. The second-order valence-corrected chi connectivity index (χ2v) is 5.62. The SMILES string of the molecule is COc1ccc(-c2ccccc2[N+]#N)c2cccnc12.O=S(=O)([O-])O. The number of pyridine rings is 1. The van der Waals surface area contributed by atoms with Crippen LogP contribution in [-0.4, -0.2) is 29.6 Å². The van der Waals surface area contributed by atoms with Crippen molar-refractivity contribution in [2.24, 2.45) is 0 Å². The molecule has 0 aliphatic carbocycles. The van der Waals surface area contributed by atoms with E-state index < -0.39 is 10.4 Å². The third-order valence-corrected chi connectivity index (χ3v) is 3.25. The van der Waals surface area contributed by atoms with E-state index >= 15 is 0 Å². The van der Waals surface area contributed by atoms with Gasteiger partial charge >= 0.3 is 5.69 Å². The number of fused-ring (bicyclic) bond motifs is 1. The first-order valence-electron chi connectivity index (χ1n) is 6.89. The quantitative estimate of drug-likeness (QED) is 0.422. The van der Waals surface area contributed by atoms with Gasteiger partial charge < -0.3 is 9.29 Å². The van der Waals surface area contributed by atoms with Gasteiger partial charge in [0.2, 0.25) is 15.8 Å². The largest absolute Gasteiger partial charge is 0.726 e. The average molecular weight is 359 g/mol. The third kappa shape index (κ3) is 4.71. The molecule has 0 fully saturated rings. The summed E-state index contributed by atoms with van der Waals surface area (Å²) < 4.78 is 38.2. The number of hydrogen-bond acceptors (Lipinski definition) is 6. The lowest BCUT2D eigenvalue weighted by Gasteiger charge is -2.08. The molecule has 0 aliphatic rings. The Morgan fingerprint density at radius 2 is 1.80 bits per heavy atom. The molecule has 1 heterocycles. The van der Waals surface area contributed by atoms with Crippen LogP contribution in [0.3, 0.4) is 0 Å². The number of methoxy groups -OCH3 is 1. The topological polar surface area (TPSA) is 128 Å². The Bertz CT molecular complexity index is 1040. The van der Waals surface area contributed by atoms with E-state index in [1.807, 2.05) is 42.5 Å². The fourth-order valence-electron chi connectivity index (χ4n) is 2.33. The van der Waals surface area contributed by atoms with Gasteiger partial charge in [0.15, 0.2) is 4.98 Å². The van der Waals surface area contributed by atoms with E-state index in [4.69, 9.17) is 27.7 Å². The minimum Gasteiger partial charge on any atom is -0.726 e. The smallest absolute Gasteiger partial charge is 0.392 e. The summed E-state index contributed by atoms with van der Waals surface area (Å²) in [4.78, 5) is 7.72. The molecule has 25 heavy (non-hydrogen) atoms. The monoisotopic (exact) mass is 359 g/mol. The molecule has 1 aromatic heterocycles. The van der Waals surface area contributed by atoms with Crippen molar-refractivity contribution in [2.45, 2.75) is 0 Å². The van der Waals surface area contributed by atoms with Gasteiger partial charge in [-0.25, -0.2) is 8.42 Å². The number of ether oxygens (including phenoxy) is 1. The molecule has 0 atom stereocenters. The van der Waals surface area contributed by atoms with Crippen LogP contribution in [0.4, 0.5) is 5.69 Å². The lowest BCUT2D eigenvalue weighted by atomic mass is 9.99. The summed E-state index contributed by atoms with van der Waals surface area (Å²) in [6.07, 6.45) is 1.73. The predicted molar refractivity (Wildman–Crippen MR) is 90.8 cm³/mol. The Balaban J connectivity index is 0.000000399. The van der Waals surface area contributed by atoms with Crippen LogP contribution < -0.4 is 4.74 Å². The fourth-order valence-corrected chi connectivity index (χ4v) is 2.33. The van der Waals surface area contributed by atoms with Crippen molar-refractivity contribution in [1.82, 2.24) is 4.98 Å². The van der Waals surface area contributed by atoms with Gasteiger partial charge in [0.05, 0.1) is 12.7 Å². The molecule has 0 radical (unpaired) electrons. The normalized spacial score (nSPS) is 10.5. The number of benzene rings is 2. The summed E-state index contributed by atoms with van der Waals surface area (Å²) in [5.41, 5.74) is 3.14. The van der Waals surface area contributed by atoms with Gasteiger partial charge in [0.1, 0.15) is 11.3 Å². The molecule has 3 aromatic rings. The first kappa shape index (κ1) is 18.3. The van der Waals surface area contributed by atoms with Crippen molar-refractivity contribution in [2.75, 3.05) is 7.11 Å². The van der Waals surface area contributed by atoms with Gasteiger partial charge in [-0.1, -0.05) is 18.2 Å². The molecular formula is C16H13N3O5S. The molecule has 0 saturated carbocycles. The van der Waals surface area contributed by atoms with E-state index in [1.165, 1.54) is 0 Å². The van der Waals surface area contributed by atoms with E-state index in [9.17, 15) is 0 Å². The lowest BCUT2D eigenvalue weighted by molar-refractivity contribution is 0.366. The molecule has 2 aromatic carbocycles. The third-order valence-electron chi connectivity index (χ3n) is 3.25. The second kappa shape index (κ2) is 7.67. The molecule has 8 nitrogen and oxygen atoms in total. The van der Waals surface area contributed by atoms with Gasteiger partial charge in [-0.15, -0.1) is 0 Å². The zero-order chi connectivity index (χ0) is 18.4. The highest BCUT2D eigenvalue weighted by molar-refractivity contribution is 7.79. The first-order valence-corrected chi connectivity index (χ1v) is 8.26. The van der Waals surface area contributed by atoms with Gasteiger partial charge in [-0.3, -0.25) is 9.54 Å². The Labute approximate surface area is 143 Å². The molecule has 0 aliphatic heterocycles. The van der Waals surface area contributed by atoms with Crippen LogP contribution in [0.2, 0.25) is 0 Å². The fraction of sp³-hybridized carbons (Fsp3) is 0.0625. The van der Waals surface area contributed by atoms with Crippen LogP contribution in [0.1, 0.15) is 0 Å². The summed E-state index contributed by atoms with van der Waals surface area (Å²) in [7, 11) is -3.29. The Morgan fingerprint density at radius 3 is 2.44 bits per heavy atom. The van der Waals surface area contributed by atoms with Crippen molar-refractivity contribution in [3.8, 4) is 16.9 Å². The van der Waals surface area contributed by atoms with E-state index in [1.54, 1.807) is 19.4 Å². The van der Waals surface area contributed by atoms with E-state index in [0.29, 0.717) is 5.69 Å². The highest BCUT2D eigenvalue weighted by Gasteiger charge is 2.17. The van der Waals surface area contributed by atoms with Gasteiger partial charge in [0, 0.05) is 17.6 Å². The Morgan fingerprint density at radius 1 is 1.12 bits per heavy atom. The molecule has 3 rings (SSSR count). The predicted octanol–water partition coefficient (Wildman–Crippen LogP) is 3.40. The summed E-state index contributed by atoms with van der Waals surface area (Å²) in [6, 6.07) is 15.1. The number of nitrogens with zero attached hydrogens (tertiary/aromatic N) is 3. The van der Waals surface area contributed by atoms with Crippen LogP contribution in [-0.2, 0) is 10.4 Å². The summed E-state index contributed by atoms with van der Waals surface area (Å²) in [5.74, 6) is 0.725. The molecule has 0 saturated heterocycles. The minimum atomic E-state index is -4.92. The molecule has 0 unspecified atom stereocenters. The average Bonchev–Trinajstić information content (AvgIpc) is 2.59. The minimum absolute atomic E-state index is 0.530. The zero-order valence-corrected chi connectivity index (χ0v) is 13.8. The molecule has 1 N–H and O–H groups in total. The zero-order valence-electron chi connectivity index (χ0n) is 13.0. The van der Waals surface area contributed by atoms with E-state index in [2.05, 4.69) is 9.96 Å². The highest BCUT2D eigenvalue weighted by atomic mass is 32.3. The molecule has 0 spiro atoms. The number of hydrogen-bond donors (Lipinski definition) is 1. The second-order valence-electron chi connectivity index (χ2n) is 4.76. The molecule has 0 amide bonds. The maximum atomic E-state index is 9.14. The first-order chi connectivity index (χ1) is 11.8. The van der Waals surface area contributed by atoms with Crippen molar-refractivity contribution in [3.05, 3.63) is 59.7 Å².